The van der Waals surface area contributed by atoms with Crippen LogP contribution in [0.4, 0.5) is 0 Å². The Hall–Kier alpha value is -3.15. The third-order valence-electron chi connectivity index (χ3n) is 5.70. The van der Waals surface area contributed by atoms with E-state index in [1.807, 2.05) is 24.4 Å². The molecule has 1 heterocycles. The topological polar surface area (TPSA) is 77.1 Å². The summed E-state index contributed by atoms with van der Waals surface area (Å²) in [6, 6.07) is 23.0. The summed E-state index contributed by atoms with van der Waals surface area (Å²) in [7, 11) is 0. The highest BCUT2D eigenvalue weighted by molar-refractivity contribution is 5.83. The van der Waals surface area contributed by atoms with E-state index in [0.29, 0.717) is 6.42 Å². The van der Waals surface area contributed by atoms with E-state index in [-0.39, 0.29) is 12.5 Å². The minimum atomic E-state index is -0.776. The Bertz CT molecular complexity index is 1150. The molecule has 0 aliphatic carbocycles. The Labute approximate surface area is 182 Å². The third kappa shape index (κ3) is 5.72. The molecule has 4 N–H and O–H groups in total. The largest absolute Gasteiger partial charge is 0.481 e. The third-order valence-corrected chi connectivity index (χ3v) is 5.70. The molecule has 1 aromatic heterocycles. The van der Waals surface area contributed by atoms with Crippen LogP contribution in [0.15, 0.2) is 72.9 Å². The molecule has 5 nitrogen and oxygen atoms in total. The maximum atomic E-state index is 11.3. The van der Waals surface area contributed by atoms with Gasteiger partial charge in [0.15, 0.2) is 0 Å². The fourth-order valence-corrected chi connectivity index (χ4v) is 4.11. The summed E-state index contributed by atoms with van der Waals surface area (Å²) in [4.78, 5) is 14.6. The summed E-state index contributed by atoms with van der Waals surface area (Å²) in [5.41, 5.74) is 3.56. The van der Waals surface area contributed by atoms with E-state index >= 15 is 0 Å². The Balaban J connectivity index is 1.23. The highest BCUT2D eigenvalue weighted by Crippen LogP contribution is 2.20. The van der Waals surface area contributed by atoms with Gasteiger partial charge in [-0.05, 0) is 47.4 Å². The lowest BCUT2D eigenvalue weighted by Gasteiger charge is -2.17. The first-order chi connectivity index (χ1) is 15.2. The van der Waals surface area contributed by atoms with Crippen LogP contribution in [0.2, 0.25) is 0 Å². The Kier molecular flexibility index (Phi) is 6.97. The van der Waals surface area contributed by atoms with E-state index < -0.39 is 5.97 Å². The van der Waals surface area contributed by atoms with Crippen LogP contribution in [-0.4, -0.2) is 41.7 Å². The number of carbonyl (C=O) groups is 1. The van der Waals surface area contributed by atoms with Gasteiger partial charge in [0.2, 0.25) is 0 Å². The normalized spacial score (nSPS) is 12.4. The molecule has 1 atom stereocenters. The van der Waals surface area contributed by atoms with E-state index in [4.69, 9.17) is 0 Å². The minimum Gasteiger partial charge on any atom is -0.481 e. The number of fused-ring (bicyclic) bond motifs is 2. The molecule has 0 saturated heterocycles. The molecule has 4 aromatic rings. The molecule has 5 heteroatoms. The van der Waals surface area contributed by atoms with Crippen molar-refractivity contribution in [3.63, 3.8) is 0 Å². The van der Waals surface area contributed by atoms with Gasteiger partial charge < -0.3 is 20.7 Å². The van der Waals surface area contributed by atoms with Crippen LogP contribution >= 0.6 is 0 Å². The van der Waals surface area contributed by atoms with Gasteiger partial charge in [-0.3, -0.25) is 4.79 Å². The SMILES string of the molecule is O=C(O)CC(Cc1c[nH]c2ccccc12)NCCNCCc1ccc2ccccc2c1. The van der Waals surface area contributed by atoms with Crippen molar-refractivity contribution in [2.24, 2.45) is 0 Å². The summed E-state index contributed by atoms with van der Waals surface area (Å²) in [5.74, 6) is -0.776. The quantitative estimate of drug-likeness (QED) is 0.278. The monoisotopic (exact) mass is 415 g/mol. The Morgan fingerprint density at radius 2 is 1.74 bits per heavy atom. The van der Waals surface area contributed by atoms with E-state index in [9.17, 15) is 9.90 Å². The smallest absolute Gasteiger partial charge is 0.304 e. The van der Waals surface area contributed by atoms with Crippen LogP contribution in [0.1, 0.15) is 17.5 Å². The number of carboxylic acids is 1. The molecule has 3 aromatic carbocycles. The lowest BCUT2D eigenvalue weighted by molar-refractivity contribution is -0.137. The molecule has 0 saturated carbocycles. The Morgan fingerprint density at radius 1 is 0.935 bits per heavy atom. The summed E-state index contributed by atoms with van der Waals surface area (Å²) in [6.45, 7) is 2.43. The number of aromatic nitrogens is 1. The maximum Gasteiger partial charge on any atom is 0.304 e. The van der Waals surface area contributed by atoms with Crippen molar-refractivity contribution in [3.8, 4) is 0 Å². The predicted molar refractivity (Wildman–Crippen MR) is 127 cm³/mol. The molecular weight excluding hydrogens is 386 g/mol. The first-order valence-corrected chi connectivity index (χ1v) is 10.9. The van der Waals surface area contributed by atoms with Crippen molar-refractivity contribution in [2.75, 3.05) is 19.6 Å². The number of benzene rings is 3. The number of H-pyrrole nitrogens is 1. The van der Waals surface area contributed by atoms with Crippen LogP contribution in [0.25, 0.3) is 21.7 Å². The second-order valence-electron chi connectivity index (χ2n) is 7.99. The molecule has 160 valence electrons. The zero-order valence-electron chi connectivity index (χ0n) is 17.6. The van der Waals surface area contributed by atoms with Crippen LogP contribution in [-0.2, 0) is 17.6 Å². The zero-order chi connectivity index (χ0) is 21.5. The first-order valence-electron chi connectivity index (χ1n) is 10.9. The summed E-state index contributed by atoms with van der Waals surface area (Å²) >= 11 is 0. The molecule has 4 rings (SSSR count). The molecule has 0 amide bonds. The standard InChI is InChI=1S/C26H29N3O2/c30-26(31)17-23(16-22-18-29-25-8-4-3-7-24(22)25)28-14-13-27-12-11-19-9-10-20-5-1-2-6-21(20)15-19/h1-10,15,18,23,27-29H,11-14,16-17H2,(H,30,31). The molecule has 0 fully saturated rings. The van der Waals surface area contributed by atoms with Crippen molar-refractivity contribution < 1.29 is 9.90 Å². The molecular formula is C26H29N3O2. The van der Waals surface area contributed by atoms with Gasteiger partial charge in [-0.25, -0.2) is 0 Å². The summed E-state index contributed by atoms with van der Waals surface area (Å²) < 4.78 is 0. The van der Waals surface area contributed by atoms with E-state index in [1.54, 1.807) is 0 Å². The number of hydrogen-bond acceptors (Lipinski definition) is 3. The molecule has 0 radical (unpaired) electrons. The van der Waals surface area contributed by atoms with E-state index in [1.165, 1.54) is 16.3 Å². The predicted octanol–water partition coefficient (Wildman–Crippen LogP) is 4.13. The van der Waals surface area contributed by atoms with Crippen LogP contribution in [0.5, 0.6) is 0 Å². The number of hydrogen-bond donors (Lipinski definition) is 4. The fraction of sp³-hybridized carbons (Fsp3) is 0.269. The maximum absolute atomic E-state index is 11.3. The van der Waals surface area contributed by atoms with E-state index in [2.05, 4.69) is 64.1 Å². The average molecular weight is 416 g/mol. The van der Waals surface area contributed by atoms with Crippen molar-refractivity contribution >= 4 is 27.6 Å². The molecule has 0 aliphatic heterocycles. The highest BCUT2D eigenvalue weighted by Gasteiger charge is 2.15. The van der Waals surface area contributed by atoms with Gasteiger partial charge in [-0.2, -0.15) is 0 Å². The second-order valence-corrected chi connectivity index (χ2v) is 7.99. The highest BCUT2D eigenvalue weighted by atomic mass is 16.4. The van der Waals surface area contributed by atoms with Crippen LogP contribution < -0.4 is 10.6 Å². The first kappa shape index (κ1) is 21.1. The van der Waals surface area contributed by atoms with Gasteiger partial charge in [0, 0.05) is 36.2 Å². The number of aromatic amines is 1. The molecule has 0 aliphatic rings. The molecule has 1 unspecified atom stereocenters. The summed E-state index contributed by atoms with van der Waals surface area (Å²) in [5, 5.41) is 19.9. The number of para-hydroxylation sites is 1. The van der Waals surface area contributed by atoms with Gasteiger partial charge in [0.25, 0.3) is 0 Å². The average Bonchev–Trinajstić information content (AvgIpc) is 3.18. The zero-order valence-corrected chi connectivity index (χ0v) is 17.6. The van der Waals surface area contributed by atoms with Gasteiger partial charge in [-0.1, -0.05) is 60.7 Å². The molecule has 0 spiro atoms. The van der Waals surface area contributed by atoms with E-state index in [0.717, 1.165) is 42.5 Å². The second kappa shape index (κ2) is 10.2. The number of nitrogens with one attached hydrogen (secondary N) is 3. The number of carboxylic acid groups (broad SMARTS) is 1. The minimum absolute atomic E-state index is 0.0982. The number of aliphatic carboxylic acids is 1. The fourth-order valence-electron chi connectivity index (χ4n) is 4.11. The van der Waals surface area contributed by atoms with Crippen molar-refractivity contribution in [2.45, 2.75) is 25.3 Å². The molecule has 31 heavy (non-hydrogen) atoms. The lowest BCUT2D eigenvalue weighted by Crippen LogP contribution is -2.38. The van der Waals surface area contributed by atoms with Crippen molar-refractivity contribution in [3.05, 3.63) is 84.1 Å². The van der Waals surface area contributed by atoms with Crippen LogP contribution in [0, 0.1) is 0 Å². The summed E-state index contributed by atoms with van der Waals surface area (Å²) in [6.07, 6.45) is 3.76. The Morgan fingerprint density at radius 3 is 2.61 bits per heavy atom. The van der Waals surface area contributed by atoms with Gasteiger partial charge in [0.05, 0.1) is 6.42 Å². The lowest BCUT2D eigenvalue weighted by atomic mass is 10.0. The van der Waals surface area contributed by atoms with Crippen LogP contribution in [0.3, 0.4) is 0 Å². The molecule has 0 bridgehead atoms. The van der Waals surface area contributed by atoms with Gasteiger partial charge >= 0.3 is 5.97 Å². The van der Waals surface area contributed by atoms with Gasteiger partial charge in [-0.15, -0.1) is 0 Å². The van der Waals surface area contributed by atoms with Crippen molar-refractivity contribution in [1.29, 1.82) is 0 Å². The van der Waals surface area contributed by atoms with Gasteiger partial charge in [0.1, 0.15) is 0 Å². The number of rotatable bonds is 11. The van der Waals surface area contributed by atoms with Crippen molar-refractivity contribution in [1.82, 2.24) is 15.6 Å².